The van der Waals surface area contributed by atoms with E-state index < -0.39 is 107 Å². The maximum absolute atomic E-state index is 10.5. The van der Waals surface area contributed by atoms with Crippen LogP contribution in [0.2, 0.25) is 0 Å². The van der Waals surface area contributed by atoms with Crippen molar-refractivity contribution in [3.8, 4) is 0 Å². The molecule has 0 amide bonds. The summed E-state index contributed by atoms with van der Waals surface area (Å²) < 4.78 is 96.5. The molecule has 8 atom stereocenters. The first-order valence-electron chi connectivity index (χ1n) is 9.70. The van der Waals surface area contributed by atoms with E-state index in [0.717, 1.165) is 0 Å². The van der Waals surface area contributed by atoms with Gasteiger partial charge in [-0.2, -0.15) is 0 Å². The van der Waals surface area contributed by atoms with Gasteiger partial charge in [0.15, 0.2) is 30.4 Å². The maximum atomic E-state index is 10.5. The van der Waals surface area contributed by atoms with Crippen molar-refractivity contribution >= 4 is 107 Å². The van der Waals surface area contributed by atoms with Gasteiger partial charge in [0.2, 0.25) is 0 Å². The predicted molar refractivity (Wildman–Crippen MR) is 132 cm³/mol. The molecule has 28 nitrogen and oxygen atoms in total. The van der Waals surface area contributed by atoms with E-state index >= 15 is 0 Å². The Kier molecular flexibility index (Phi) is 40.5. The van der Waals surface area contributed by atoms with Crippen molar-refractivity contribution in [1.82, 2.24) is 0 Å². The fraction of sp³-hybridized carbons (Fsp3) is 1.00. The minimum Gasteiger partial charge on any atom is -0.809 e. The standard InChI is InChI=1S/4C2H7ClO7P2.3Ti/c4*3-1-10-12(8,9)2(4)11(5,6)7;;;/h4*2,4H,1H2,(H,8,9)(H2,5,6,7);;;/q;;;;3*+4/p-12. The van der Waals surface area contributed by atoms with Crippen LogP contribution in [-0.2, 0) is 120 Å². The summed E-state index contributed by atoms with van der Waals surface area (Å²) in [4.78, 5) is 122. The van der Waals surface area contributed by atoms with E-state index in [4.69, 9.17) is 66.8 Å². The molecule has 0 saturated heterocycles. The van der Waals surface area contributed by atoms with Crippen molar-refractivity contribution in [3.05, 3.63) is 0 Å². The Morgan fingerprint density at radius 1 is 0.353 bits per heavy atom. The van der Waals surface area contributed by atoms with Gasteiger partial charge in [-0.05, 0) is 30.4 Å². The van der Waals surface area contributed by atoms with Gasteiger partial charge in [0.1, 0.15) is 46.6 Å². The van der Waals surface area contributed by atoms with E-state index in [1.807, 2.05) is 0 Å². The fourth-order valence-corrected chi connectivity index (χ4v) is 10.3. The second kappa shape index (κ2) is 29.5. The molecule has 0 radical (unpaired) electrons. The molecular weight excluding hydrogens is 1080 g/mol. The van der Waals surface area contributed by atoms with Crippen LogP contribution in [0.5, 0.6) is 0 Å². The Bertz CT molecular complexity index is 1150. The van der Waals surface area contributed by atoms with Crippen LogP contribution in [0.25, 0.3) is 0 Å². The molecule has 4 N–H and O–H groups in total. The van der Waals surface area contributed by atoms with Crippen LogP contribution in [0.15, 0.2) is 0 Å². The maximum Gasteiger partial charge on any atom is 4.00 e. The minimum atomic E-state index is -5.61. The van der Waals surface area contributed by atoms with E-state index in [1.165, 1.54) is 0 Å². The molecule has 296 valence electrons. The van der Waals surface area contributed by atoms with Crippen LogP contribution in [0.1, 0.15) is 0 Å². The quantitative estimate of drug-likeness (QED) is 0.0633. The van der Waals surface area contributed by atoms with Gasteiger partial charge in [-0.25, -0.2) is 0 Å². The zero-order valence-electron chi connectivity index (χ0n) is 23.3. The van der Waals surface area contributed by atoms with Gasteiger partial charge in [0.05, 0.1) is 0 Å². The van der Waals surface area contributed by atoms with Crippen LogP contribution >= 0.6 is 107 Å². The summed E-state index contributed by atoms with van der Waals surface area (Å²) in [6.07, 6.45) is 0. The van der Waals surface area contributed by atoms with Crippen molar-refractivity contribution in [1.29, 1.82) is 0 Å². The van der Waals surface area contributed by atoms with Gasteiger partial charge in [-0.3, -0.25) is 0 Å². The number of halogens is 4. The van der Waals surface area contributed by atoms with Gasteiger partial charge in [0.25, 0.3) is 0 Å². The molecule has 0 spiro atoms. The minimum absolute atomic E-state index is 0. The average Bonchev–Trinajstić information content (AvgIpc) is 2.85. The van der Waals surface area contributed by atoms with Crippen molar-refractivity contribution in [3.63, 3.8) is 0 Å². The normalized spacial score (nSPS) is 18.9. The number of hydrogen-bond donors (Lipinski definition) is 4. The molecule has 8 unspecified atom stereocenters. The predicted octanol–water partition coefficient (Wildman–Crippen LogP) is -8.24. The van der Waals surface area contributed by atoms with Crippen molar-refractivity contribution in [2.75, 3.05) is 24.3 Å². The molecule has 0 aliphatic heterocycles. The smallest absolute Gasteiger partial charge is 0.809 e. The second-order valence-corrected chi connectivity index (χ2v) is 22.7. The molecule has 0 fully saturated rings. The summed E-state index contributed by atoms with van der Waals surface area (Å²) in [5.41, 5.74) is -12.3. The Labute approximate surface area is 349 Å². The van der Waals surface area contributed by atoms with Crippen LogP contribution in [0.4, 0.5) is 0 Å². The zero-order valence-corrected chi connectivity index (χ0v) is 38.2. The summed E-state index contributed by atoms with van der Waals surface area (Å²) in [6.45, 7) is 0. The summed E-state index contributed by atoms with van der Waals surface area (Å²) >= 11 is 19.1. The first-order valence-corrected chi connectivity index (χ1v) is 24.7. The molecule has 0 rings (SSSR count). The van der Waals surface area contributed by atoms with E-state index in [-0.39, 0.29) is 65.2 Å². The molecule has 51 heavy (non-hydrogen) atoms. The van der Waals surface area contributed by atoms with Gasteiger partial charge < -0.3 is 134 Å². The molecule has 0 aromatic heterocycles. The Morgan fingerprint density at radius 3 is 0.510 bits per heavy atom. The third-order valence-corrected chi connectivity index (χ3v) is 17.5. The third-order valence-electron chi connectivity index (χ3n) is 3.18. The van der Waals surface area contributed by atoms with E-state index in [2.05, 4.69) is 18.1 Å². The number of hydrogen-bond acceptors (Lipinski definition) is 28. The monoisotopic (exact) mass is 1090 g/mol. The van der Waals surface area contributed by atoms with E-state index in [1.54, 1.807) is 0 Å². The molecule has 0 bridgehead atoms. The fourth-order valence-electron chi connectivity index (χ4n) is 1.23. The van der Waals surface area contributed by atoms with E-state index in [0.29, 0.717) is 0 Å². The Balaban J connectivity index is -0.0000000993. The van der Waals surface area contributed by atoms with Crippen LogP contribution < -0.4 is 58.7 Å². The van der Waals surface area contributed by atoms with Crippen LogP contribution in [-0.4, -0.2) is 67.0 Å². The summed E-state index contributed by atoms with van der Waals surface area (Å²) in [7, 11) is -42.9. The van der Waals surface area contributed by atoms with Gasteiger partial charge in [-0.15, -0.1) is 0 Å². The summed E-state index contributed by atoms with van der Waals surface area (Å²) in [5, 5.41) is 33.6. The summed E-state index contributed by atoms with van der Waals surface area (Å²) in [6, 6.07) is -3.45. The Morgan fingerprint density at radius 2 is 0.451 bits per heavy atom. The SMILES string of the molecule is O=P([O-])([O-])C(O)P(=O)([O-])OCCl.O=P([O-])([O-])C(O)P(=O)([O-])OCCl.O=P([O-])([O-])C(O)P(=O)([O-])OCCl.O=P([O-])([O-])C(O)P(=O)([O-])OCCl.[Ti+4].[Ti+4].[Ti+4]. The van der Waals surface area contributed by atoms with Crippen LogP contribution in [0.3, 0.4) is 0 Å². The van der Waals surface area contributed by atoms with Gasteiger partial charge in [-0.1, -0.05) is 46.4 Å². The summed E-state index contributed by atoms with van der Waals surface area (Å²) in [5.74, 6) is 0. The van der Waals surface area contributed by atoms with Crippen molar-refractivity contribution in [2.24, 2.45) is 0 Å². The average molecular weight is 1090 g/mol. The topological polar surface area (TPSA) is 531 Å². The molecule has 0 heterocycles. The molecule has 0 aromatic carbocycles. The van der Waals surface area contributed by atoms with Crippen molar-refractivity contribution in [2.45, 2.75) is 22.3 Å². The largest absolute Gasteiger partial charge is 4.00 e. The first-order chi connectivity index (χ1) is 20.9. The molecule has 0 aliphatic rings. The molecular formula is C8H16Cl4O28P8Ti3. The Hall–Kier alpha value is 4.34. The zero-order chi connectivity index (χ0) is 40.0. The third kappa shape index (κ3) is 31.9. The second-order valence-electron chi connectivity index (χ2n) is 6.66. The van der Waals surface area contributed by atoms with Crippen molar-refractivity contribution < 1.29 is 199 Å². The number of alkyl halides is 4. The molecule has 0 aromatic rings. The molecule has 0 saturated carbocycles. The number of rotatable bonds is 16. The number of aliphatic hydroxyl groups is 4. The van der Waals surface area contributed by atoms with E-state index in [9.17, 15) is 95.2 Å². The first kappa shape index (κ1) is 69.9. The van der Waals surface area contributed by atoms with Gasteiger partial charge >= 0.3 is 65.2 Å². The van der Waals surface area contributed by atoms with Crippen LogP contribution in [0, 0.1) is 0 Å². The van der Waals surface area contributed by atoms with Gasteiger partial charge in [0, 0.05) is 0 Å². The molecule has 43 heteroatoms. The number of aliphatic hydroxyl groups excluding tert-OH is 4. The molecule has 0 aliphatic carbocycles.